The van der Waals surface area contributed by atoms with Crippen LogP contribution >= 0.6 is 0 Å². The Balaban J connectivity index is 3.95. The van der Waals surface area contributed by atoms with Gasteiger partial charge in [-0.25, -0.2) is 4.79 Å². The number of hydrogen-bond donors (Lipinski definition) is 0. The van der Waals surface area contributed by atoms with Gasteiger partial charge in [0.25, 0.3) is 0 Å². The Labute approximate surface area is 98.7 Å². The van der Waals surface area contributed by atoms with Gasteiger partial charge in [0.15, 0.2) is 0 Å². The second-order valence-electron chi connectivity index (χ2n) is 3.63. The minimum Gasteiger partial charge on any atom is -0.455 e. The second kappa shape index (κ2) is 10.2. The Morgan fingerprint density at radius 2 is 2.12 bits per heavy atom. The summed E-state index contributed by atoms with van der Waals surface area (Å²) in [5.41, 5.74) is 0. The van der Waals surface area contributed by atoms with Gasteiger partial charge in [-0.2, -0.15) is 0 Å². The molecule has 0 aromatic rings. The third-order valence-electron chi connectivity index (χ3n) is 2.16. The molecule has 0 heterocycles. The van der Waals surface area contributed by atoms with Gasteiger partial charge < -0.3 is 4.74 Å². The summed E-state index contributed by atoms with van der Waals surface area (Å²) in [6.45, 7) is 9.19. The Bertz CT molecular complexity index is 241. The minimum atomic E-state index is -0.384. The largest absolute Gasteiger partial charge is 0.455 e. The molecular formula is C14H22O2. The molecule has 0 N–H and O–H groups in total. The van der Waals surface area contributed by atoms with Crippen LogP contribution in [0.3, 0.4) is 0 Å². The maximum atomic E-state index is 11.0. The third kappa shape index (κ3) is 8.04. The molecule has 0 aliphatic heterocycles. The molecule has 0 spiro atoms. The van der Waals surface area contributed by atoms with Crippen molar-refractivity contribution >= 4 is 5.97 Å². The van der Waals surface area contributed by atoms with Crippen molar-refractivity contribution in [3.63, 3.8) is 0 Å². The number of hydrogen-bond acceptors (Lipinski definition) is 2. The van der Waals surface area contributed by atoms with Gasteiger partial charge in [0.05, 0.1) is 0 Å². The van der Waals surface area contributed by atoms with Crippen LogP contribution in [-0.2, 0) is 9.53 Å². The number of unbranched alkanes of at least 4 members (excludes halogenated alkanes) is 3. The Kier molecular flexibility index (Phi) is 9.38. The van der Waals surface area contributed by atoms with E-state index in [0.717, 1.165) is 6.42 Å². The number of carbonyl (C=O) groups is 1. The van der Waals surface area contributed by atoms with Crippen LogP contribution in [0.4, 0.5) is 0 Å². The van der Waals surface area contributed by atoms with Gasteiger partial charge >= 0.3 is 5.97 Å². The van der Waals surface area contributed by atoms with Crippen LogP contribution in [0.2, 0.25) is 0 Å². The molecule has 0 saturated heterocycles. The molecule has 0 aromatic carbocycles. The van der Waals surface area contributed by atoms with E-state index < -0.39 is 0 Å². The molecule has 0 aliphatic carbocycles. The predicted molar refractivity (Wildman–Crippen MR) is 68.2 cm³/mol. The van der Waals surface area contributed by atoms with E-state index in [4.69, 9.17) is 4.74 Å². The highest BCUT2D eigenvalue weighted by molar-refractivity contribution is 5.81. The van der Waals surface area contributed by atoms with Crippen molar-refractivity contribution in [1.82, 2.24) is 0 Å². The molecule has 0 saturated carbocycles. The van der Waals surface area contributed by atoms with E-state index in [0.29, 0.717) is 6.42 Å². The first-order valence-electron chi connectivity index (χ1n) is 5.85. The quantitative estimate of drug-likeness (QED) is 0.257. The molecule has 0 radical (unpaired) electrons. The maximum Gasteiger partial charge on any atom is 0.330 e. The van der Waals surface area contributed by atoms with E-state index in [-0.39, 0.29) is 12.1 Å². The van der Waals surface area contributed by atoms with Crippen LogP contribution in [0.25, 0.3) is 0 Å². The lowest BCUT2D eigenvalue weighted by atomic mass is 10.1. The summed E-state index contributed by atoms with van der Waals surface area (Å²) in [7, 11) is 0. The van der Waals surface area contributed by atoms with Gasteiger partial charge in [0.1, 0.15) is 6.10 Å². The molecule has 0 unspecified atom stereocenters. The molecular weight excluding hydrogens is 200 g/mol. The molecule has 0 amide bonds. The molecule has 90 valence electrons. The number of ether oxygens (including phenoxy) is 1. The standard InChI is InChI=1S/C14H22O2/c1-4-7-8-9-10-12-13(11-5-2)16-14(15)6-3/h5-6,10,12-13H,2-4,7-9,11H2,1H3/b12-10-/t13-/m1/s1. The van der Waals surface area contributed by atoms with Crippen LogP contribution in [0.5, 0.6) is 0 Å². The second-order valence-corrected chi connectivity index (χ2v) is 3.63. The van der Waals surface area contributed by atoms with Crippen LogP contribution in [0.1, 0.15) is 39.0 Å². The Hall–Kier alpha value is -1.31. The lowest BCUT2D eigenvalue weighted by Gasteiger charge is -2.10. The molecule has 0 aromatic heterocycles. The van der Waals surface area contributed by atoms with Gasteiger partial charge in [-0.05, 0) is 18.9 Å². The summed E-state index contributed by atoms with van der Waals surface area (Å²) in [5.74, 6) is -0.384. The average molecular weight is 222 g/mol. The maximum absolute atomic E-state index is 11.0. The lowest BCUT2D eigenvalue weighted by molar-refractivity contribution is -0.140. The normalized spacial score (nSPS) is 12.3. The number of carbonyl (C=O) groups excluding carboxylic acids is 1. The summed E-state index contributed by atoms with van der Waals surface area (Å²) in [6.07, 6.45) is 12.0. The predicted octanol–water partition coefficient (Wildman–Crippen LogP) is 3.80. The van der Waals surface area contributed by atoms with Gasteiger partial charge in [-0.15, -0.1) is 6.58 Å². The topological polar surface area (TPSA) is 26.3 Å². The zero-order valence-corrected chi connectivity index (χ0v) is 10.2. The minimum absolute atomic E-state index is 0.204. The molecule has 2 nitrogen and oxygen atoms in total. The molecule has 0 bridgehead atoms. The molecule has 16 heavy (non-hydrogen) atoms. The fraction of sp³-hybridized carbons (Fsp3) is 0.500. The monoisotopic (exact) mass is 222 g/mol. The van der Waals surface area contributed by atoms with Crippen molar-refractivity contribution in [2.75, 3.05) is 0 Å². The van der Waals surface area contributed by atoms with E-state index in [1.807, 2.05) is 6.08 Å². The summed E-state index contributed by atoms with van der Waals surface area (Å²) in [6, 6.07) is 0. The SMILES string of the molecule is C=CC[C@H](/C=C\CCCCC)OC(=O)C=C. The van der Waals surface area contributed by atoms with Gasteiger partial charge in [-0.1, -0.05) is 38.5 Å². The van der Waals surface area contributed by atoms with Crippen molar-refractivity contribution in [3.05, 3.63) is 37.5 Å². The van der Waals surface area contributed by atoms with E-state index in [1.54, 1.807) is 6.08 Å². The first kappa shape index (κ1) is 14.7. The number of allylic oxidation sites excluding steroid dienone is 1. The highest BCUT2D eigenvalue weighted by Crippen LogP contribution is 2.05. The first-order valence-corrected chi connectivity index (χ1v) is 5.85. The highest BCUT2D eigenvalue weighted by Gasteiger charge is 2.06. The van der Waals surface area contributed by atoms with Crippen molar-refractivity contribution in [3.8, 4) is 0 Å². The van der Waals surface area contributed by atoms with Crippen molar-refractivity contribution in [2.45, 2.75) is 45.1 Å². The lowest BCUT2D eigenvalue weighted by Crippen LogP contribution is -2.13. The fourth-order valence-electron chi connectivity index (χ4n) is 1.29. The third-order valence-corrected chi connectivity index (χ3v) is 2.16. The zero-order chi connectivity index (χ0) is 12.2. The summed E-state index contributed by atoms with van der Waals surface area (Å²) >= 11 is 0. The van der Waals surface area contributed by atoms with Gasteiger partial charge in [-0.3, -0.25) is 0 Å². The van der Waals surface area contributed by atoms with Crippen molar-refractivity contribution in [2.24, 2.45) is 0 Å². The van der Waals surface area contributed by atoms with Crippen LogP contribution < -0.4 is 0 Å². The van der Waals surface area contributed by atoms with E-state index >= 15 is 0 Å². The Morgan fingerprint density at radius 1 is 1.38 bits per heavy atom. The number of rotatable bonds is 9. The molecule has 0 aliphatic rings. The average Bonchev–Trinajstić information content (AvgIpc) is 2.28. The molecule has 0 rings (SSSR count). The highest BCUT2D eigenvalue weighted by atomic mass is 16.5. The molecule has 2 heteroatoms. The molecule has 1 atom stereocenters. The zero-order valence-electron chi connectivity index (χ0n) is 10.2. The summed E-state index contributed by atoms with van der Waals surface area (Å²) < 4.78 is 5.13. The Morgan fingerprint density at radius 3 is 2.69 bits per heavy atom. The van der Waals surface area contributed by atoms with Crippen LogP contribution in [0.15, 0.2) is 37.5 Å². The van der Waals surface area contributed by atoms with Crippen molar-refractivity contribution < 1.29 is 9.53 Å². The van der Waals surface area contributed by atoms with Crippen LogP contribution in [-0.4, -0.2) is 12.1 Å². The molecule has 0 fully saturated rings. The summed E-state index contributed by atoms with van der Waals surface area (Å²) in [4.78, 5) is 11.0. The first-order chi connectivity index (χ1) is 7.74. The van der Waals surface area contributed by atoms with Gasteiger partial charge in [0, 0.05) is 12.5 Å². The van der Waals surface area contributed by atoms with Crippen molar-refractivity contribution in [1.29, 1.82) is 0 Å². The summed E-state index contributed by atoms with van der Waals surface area (Å²) in [5, 5.41) is 0. The fourth-order valence-corrected chi connectivity index (χ4v) is 1.29. The van der Waals surface area contributed by atoms with E-state index in [9.17, 15) is 4.79 Å². The van der Waals surface area contributed by atoms with E-state index in [1.165, 1.54) is 25.3 Å². The number of esters is 1. The smallest absolute Gasteiger partial charge is 0.330 e. The van der Waals surface area contributed by atoms with Crippen LogP contribution in [0, 0.1) is 0 Å². The van der Waals surface area contributed by atoms with Gasteiger partial charge in [0.2, 0.25) is 0 Å². The van der Waals surface area contributed by atoms with E-state index in [2.05, 4.69) is 26.2 Å².